The smallest absolute Gasteiger partial charge is 0.407 e. The predicted octanol–water partition coefficient (Wildman–Crippen LogP) is 5.01. The van der Waals surface area contributed by atoms with Gasteiger partial charge in [-0.3, -0.25) is 4.79 Å². The number of benzene rings is 2. The number of amides is 1. The molecular formula is C26H27NO5. The lowest BCUT2D eigenvalue weighted by atomic mass is 9.98. The van der Waals surface area contributed by atoms with Gasteiger partial charge in [0.2, 0.25) is 0 Å². The Kier molecular flexibility index (Phi) is 6.90. The Balaban J connectivity index is 1.39. The SMILES string of the molecule is O=C(O)CCCC(CC1=CCOC=C1)NC(=O)OCC1c2ccccc2-c2ccccc21. The fourth-order valence-electron chi connectivity index (χ4n) is 4.38. The Hall–Kier alpha value is -3.54. The van der Waals surface area contributed by atoms with E-state index >= 15 is 0 Å². The zero-order valence-electron chi connectivity index (χ0n) is 17.8. The highest BCUT2D eigenvalue weighted by molar-refractivity contribution is 5.79. The fraction of sp³-hybridized carbons (Fsp3) is 0.308. The summed E-state index contributed by atoms with van der Waals surface area (Å²) in [6.07, 6.45) is 6.70. The average molecular weight is 434 g/mol. The van der Waals surface area contributed by atoms with Crippen molar-refractivity contribution in [1.29, 1.82) is 0 Å². The van der Waals surface area contributed by atoms with Crippen LogP contribution in [-0.2, 0) is 14.3 Å². The lowest BCUT2D eigenvalue weighted by Gasteiger charge is -2.21. The first kappa shape index (κ1) is 21.7. The molecule has 2 aliphatic rings. The Morgan fingerprint density at radius 1 is 1.09 bits per heavy atom. The molecule has 0 aromatic heterocycles. The molecule has 4 rings (SSSR count). The minimum atomic E-state index is -0.838. The van der Waals surface area contributed by atoms with Gasteiger partial charge in [-0.05, 0) is 59.2 Å². The number of aliphatic carboxylic acids is 1. The second-order valence-corrected chi connectivity index (χ2v) is 8.07. The van der Waals surface area contributed by atoms with E-state index in [1.165, 1.54) is 11.1 Å². The fourth-order valence-corrected chi connectivity index (χ4v) is 4.38. The average Bonchev–Trinajstić information content (AvgIpc) is 3.12. The molecule has 2 aromatic rings. The standard InChI is InChI=1S/C26H27NO5/c28-25(29)11-5-6-19(16-18-12-14-31-15-13-18)27-26(30)32-17-24-22-9-3-1-7-20(22)21-8-2-4-10-23(21)24/h1-4,7-10,12-14,19,24H,5-6,11,15-17H2,(H,27,30)(H,28,29). The highest BCUT2D eigenvalue weighted by Crippen LogP contribution is 2.44. The number of rotatable bonds is 9. The molecule has 6 nitrogen and oxygen atoms in total. The monoisotopic (exact) mass is 433 g/mol. The number of ether oxygens (including phenoxy) is 2. The van der Waals surface area contributed by atoms with Crippen molar-refractivity contribution in [2.75, 3.05) is 13.2 Å². The number of carboxylic acid groups (broad SMARTS) is 1. The number of alkyl carbamates (subject to hydrolysis) is 1. The lowest BCUT2D eigenvalue weighted by Crippen LogP contribution is -2.36. The molecule has 0 spiro atoms. The normalized spacial score (nSPS) is 15.2. The van der Waals surface area contributed by atoms with Gasteiger partial charge in [-0.25, -0.2) is 4.79 Å². The summed E-state index contributed by atoms with van der Waals surface area (Å²) in [5.74, 6) is -0.838. The van der Waals surface area contributed by atoms with E-state index in [4.69, 9.17) is 14.6 Å². The highest BCUT2D eigenvalue weighted by atomic mass is 16.5. The van der Waals surface area contributed by atoms with Crippen molar-refractivity contribution in [1.82, 2.24) is 5.32 Å². The molecule has 0 saturated heterocycles. The second-order valence-electron chi connectivity index (χ2n) is 8.07. The summed E-state index contributed by atoms with van der Waals surface area (Å²) in [4.78, 5) is 23.6. The third-order valence-electron chi connectivity index (χ3n) is 5.91. The number of hydrogen-bond acceptors (Lipinski definition) is 4. The molecule has 1 heterocycles. The van der Waals surface area contributed by atoms with E-state index in [0.717, 1.165) is 16.7 Å². The molecule has 2 aromatic carbocycles. The van der Waals surface area contributed by atoms with Crippen LogP contribution in [0.1, 0.15) is 42.7 Å². The number of allylic oxidation sites excluding steroid dienone is 1. The van der Waals surface area contributed by atoms with Gasteiger partial charge in [0, 0.05) is 18.4 Å². The van der Waals surface area contributed by atoms with Gasteiger partial charge in [0.1, 0.15) is 13.2 Å². The predicted molar refractivity (Wildman–Crippen MR) is 121 cm³/mol. The third-order valence-corrected chi connectivity index (χ3v) is 5.91. The summed E-state index contributed by atoms with van der Waals surface area (Å²) >= 11 is 0. The van der Waals surface area contributed by atoms with E-state index in [1.54, 1.807) is 6.26 Å². The van der Waals surface area contributed by atoms with Gasteiger partial charge in [0.15, 0.2) is 0 Å². The van der Waals surface area contributed by atoms with Gasteiger partial charge in [0.05, 0.1) is 6.26 Å². The van der Waals surface area contributed by atoms with Gasteiger partial charge >= 0.3 is 12.1 Å². The number of carbonyl (C=O) groups excluding carboxylic acids is 1. The topological polar surface area (TPSA) is 84.9 Å². The van der Waals surface area contributed by atoms with E-state index in [-0.39, 0.29) is 25.0 Å². The van der Waals surface area contributed by atoms with E-state index in [0.29, 0.717) is 25.9 Å². The van der Waals surface area contributed by atoms with Crippen LogP contribution in [0.25, 0.3) is 11.1 Å². The van der Waals surface area contributed by atoms with Crippen LogP contribution in [0, 0.1) is 0 Å². The highest BCUT2D eigenvalue weighted by Gasteiger charge is 2.29. The van der Waals surface area contributed by atoms with Crippen LogP contribution < -0.4 is 5.32 Å². The lowest BCUT2D eigenvalue weighted by molar-refractivity contribution is -0.137. The van der Waals surface area contributed by atoms with Gasteiger partial charge in [-0.15, -0.1) is 0 Å². The largest absolute Gasteiger partial charge is 0.497 e. The van der Waals surface area contributed by atoms with Gasteiger partial charge < -0.3 is 19.9 Å². The van der Waals surface area contributed by atoms with Crippen molar-refractivity contribution in [2.45, 2.75) is 37.6 Å². The molecule has 166 valence electrons. The molecular weight excluding hydrogens is 406 g/mol. The third kappa shape index (κ3) is 5.19. The molecule has 1 amide bonds. The van der Waals surface area contributed by atoms with Crippen LogP contribution in [-0.4, -0.2) is 36.4 Å². The summed E-state index contributed by atoms with van der Waals surface area (Å²) in [5, 5.41) is 11.9. The summed E-state index contributed by atoms with van der Waals surface area (Å²) in [6.45, 7) is 0.747. The molecule has 1 aliphatic heterocycles. The van der Waals surface area contributed by atoms with Crippen LogP contribution >= 0.6 is 0 Å². The first-order chi connectivity index (χ1) is 15.6. The molecule has 0 saturated carbocycles. The summed E-state index contributed by atoms with van der Waals surface area (Å²) in [5.41, 5.74) is 5.74. The minimum Gasteiger partial charge on any atom is -0.497 e. The maximum absolute atomic E-state index is 12.7. The molecule has 6 heteroatoms. The molecule has 1 aliphatic carbocycles. The zero-order valence-corrected chi connectivity index (χ0v) is 17.8. The molecule has 0 bridgehead atoms. The van der Waals surface area contributed by atoms with Gasteiger partial charge in [-0.1, -0.05) is 48.5 Å². The van der Waals surface area contributed by atoms with Crippen LogP contribution in [0.3, 0.4) is 0 Å². The summed E-state index contributed by atoms with van der Waals surface area (Å²) in [7, 11) is 0. The van der Waals surface area contributed by atoms with Crippen LogP contribution in [0.5, 0.6) is 0 Å². The number of nitrogens with one attached hydrogen (secondary N) is 1. The van der Waals surface area contributed by atoms with E-state index in [9.17, 15) is 9.59 Å². The Bertz CT molecular complexity index is 997. The Labute approximate surface area is 187 Å². The van der Waals surface area contributed by atoms with Crippen molar-refractivity contribution < 1.29 is 24.2 Å². The quantitative estimate of drug-likeness (QED) is 0.581. The molecule has 2 N–H and O–H groups in total. The van der Waals surface area contributed by atoms with E-state index in [2.05, 4.69) is 29.6 Å². The van der Waals surface area contributed by atoms with Crippen molar-refractivity contribution in [2.24, 2.45) is 0 Å². The number of fused-ring (bicyclic) bond motifs is 3. The summed E-state index contributed by atoms with van der Waals surface area (Å²) in [6, 6.07) is 16.2. The number of hydrogen-bond donors (Lipinski definition) is 2. The van der Waals surface area contributed by atoms with Crippen molar-refractivity contribution in [3.05, 3.63) is 83.6 Å². The first-order valence-corrected chi connectivity index (χ1v) is 10.9. The molecule has 32 heavy (non-hydrogen) atoms. The minimum absolute atomic E-state index is 0.000236. The van der Waals surface area contributed by atoms with Crippen LogP contribution in [0.15, 0.2) is 72.5 Å². The van der Waals surface area contributed by atoms with E-state index < -0.39 is 12.1 Å². The molecule has 0 fully saturated rings. The van der Waals surface area contributed by atoms with Crippen molar-refractivity contribution >= 4 is 12.1 Å². The van der Waals surface area contributed by atoms with E-state index in [1.807, 2.05) is 36.4 Å². The maximum atomic E-state index is 12.7. The Morgan fingerprint density at radius 2 is 1.78 bits per heavy atom. The van der Waals surface area contributed by atoms with Crippen LogP contribution in [0.2, 0.25) is 0 Å². The van der Waals surface area contributed by atoms with Gasteiger partial charge in [-0.2, -0.15) is 0 Å². The number of carboxylic acids is 1. The van der Waals surface area contributed by atoms with Crippen LogP contribution in [0.4, 0.5) is 4.79 Å². The summed E-state index contributed by atoms with van der Waals surface area (Å²) < 4.78 is 10.8. The van der Waals surface area contributed by atoms with Crippen molar-refractivity contribution in [3.8, 4) is 11.1 Å². The zero-order chi connectivity index (χ0) is 22.3. The number of carbonyl (C=O) groups is 2. The first-order valence-electron chi connectivity index (χ1n) is 10.9. The maximum Gasteiger partial charge on any atom is 0.407 e. The van der Waals surface area contributed by atoms with Gasteiger partial charge in [0.25, 0.3) is 0 Å². The second kappa shape index (κ2) is 10.2. The molecule has 1 atom stereocenters. The molecule has 1 unspecified atom stereocenters. The Morgan fingerprint density at radius 3 is 2.41 bits per heavy atom. The van der Waals surface area contributed by atoms with Crippen molar-refractivity contribution in [3.63, 3.8) is 0 Å². The molecule has 0 radical (unpaired) electrons.